The van der Waals surface area contributed by atoms with Gasteiger partial charge < -0.3 is 24.4 Å². The van der Waals surface area contributed by atoms with E-state index in [1.54, 1.807) is 43.8 Å². The van der Waals surface area contributed by atoms with E-state index >= 15 is 0 Å². The predicted molar refractivity (Wildman–Crippen MR) is 103 cm³/mol. The van der Waals surface area contributed by atoms with E-state index in [0.29, 0.717) is 30.5 Å². The van der Waals surface area contributed by atoms with Crippen LogP contribution in [0.3, 0.4) is 0 Å². The smallest absolute Gasteiger partial charge is 0.407 e. The molecule has 1 aromatic heterocycles. The third-order valence-corrected chi connectivity index (χ3v) is 3.39. The molecule has 0 aliphatic rings. The Hall–Kier alpha value is -3.03. The molecule has 2 rings (SSSR count). The van der Waals surface area contributed by atoms with Crippen LogP contribution in [-0.2, 0) is 4.74 Å². The molecule has 27 heavy (non-hydrogen) atoms. The first-order valence-electron chi connectivity index (χ1n) is 8.59. The Morgan fingerprint density at radius 2 is 1.81 bits per heavy atom. The van der Waals surface area contributed by atoms with Crippen LogP contribution >= 0.6 is 0 Å². The molecule has 1 amide bonds. The Balaban J connectivity index is 1.88. The molecule has 0 aliphatic heterocycles. The minimum Gasteiger partial charge on any atom is -0.497 e. The summed E-state index contributed by atoms with van der Waals surface area (Å²) in [6.45, 7) is 6.42. The van der Waals surface area contributed by atoms with E-state index in [9.17, 15) is 4.79 Å². The number of anilines is 1. The van der Waals surface area contributed by atoms with Crippen molar-refractivity contribution in [2.45, 2.75) is 26.4 Å². The maximum atomic E-state index is 11.7. The van der Waals surface area contributed by atoms with Crippen LogP contribution in [-0.4, -0.2) is 48.9 Å². The molecule has 1 N–H and O–H groups in total. The van der Waals surface area contributed by atoms with Crippen molar-refractivity contribution in [3.63, 3.8) is 0 Å². The molecule has 0 saturated carbocycles. The molecule has 0 unspecified atom stereocenters. The van der Waals surface area contributed by atoms with E-state index in [2.05, 4.69) is 15.3 Å². The zero-order chi connectivity index (χ0) is 19.9. The second kappa shape index (κ2) is 9.07. The van der Waals surface area contributed by atoms with Crippen LogP contribution in [0.5, 0.6) is 17.4 Å². The van der Waals surface area contributed by atoms with Gasteiger partial charge in [0.15, 0.2) is 5.82 Å². The molecule has 0 saturated heterocycles. The van der Waals surface area contributed by atoms with Gasteiger partial charge >= 0.3 is 6.09 Å². The standard InChI is InChI=1S/C19H26N4O4/c1-19(2,3)27-18(24)21-10-11-23(4)16-12-20-13-17(22-16)26-15-8-6-14(25-5)7-9-15/h6-9,12-13H,10-11H2,1-5H3,(H,21,24). The van der Waals surface area contributed by atoms with Gasteiger partial charge in [-0.3, -0.25) is 4.98 Å². The lowest BCUT2D eigenvalue weighted by Crippen LogP contribution is -2.37. The number of hydrogen-bond donors (Lipinski definition) is 1. The molecule has 8 heteroatoms. The monoisotopic (exact) mass is 374 g/mol. The second-order valence-electron chi connectivity index (χ2n) is 6.84. The Morgan fingerprint density at radius 3 is 2.44 bits per heavy atom. The molecule has 0 radical (unpaired) electrons. The molecular formula is C19H26N4O4. The van der Waals surface area contributed by atoms with Gasteiger partial charge in [-0.15, -0.1) is 0 Å². The molecule has 1 aromatic carbocycles. The third kappa shape index (κ3) is 7.01. The number of ether oxygens (including phenoxy) is 3. The van der Waals surface area contributed by atoms with E-state index in [0.717, 1.165) is 5.75 Å². The first kappa shape index (κ1) is 20.3. The van der Waals surface area contributed by atoms with Crippen LogP contribution in [0.1, 0.15) is 20.8 Å². The van der Waals surface area contributed by atoms with E-state index in [1.165, 1.54) is 0 Å². The largest absolute Gasteiger partial charge is 0.497 e. The molecule has 0 spiro atoms. The zero-order valence-electron chi connectivity index (χ0n) is 16.4. The number of methoxy groups -OCH3 is 1. The van der Waals surface area contributed by atoms with E-state index in [-0.39, 0.29) is 0 Å². The van der Waals surface area contributed by atoms with Crippen molar-refractivity contribution in [1.29, 1.82) is 0 Å². The minimum absolute atomic E-state index is 0.379. The number of rotatable bonds is 7. The fourth-order valence-electron chi connectivity index (χ4n) is 2.09. The van der Waals surface area contributed by atoms with Gasteiger partial charge in [0.2, 0.25) is 5.88 Å². The lowest BCUT2D eigenvalue weighted by Gasteiger charge is -2.21. The maximum absolute atomic E-state index is 11.7. The number of hydrogen-bond acceptors (Lipinski definition) is 7. The maximum Gasteiger partial charge on any atom is 0.407 e. The van der Waals surface area contributed by atoms with Gasteiger partial charge in [-0.05, 0) is 45.0 Å². The van der Waals surface area contributed by atoms with Crippen LogP contribution in [0, 0.1) is 0 Å². The fraction of sp³-hybridized carbons (Fsp3) is 0.421. The summed E-state index contributed by atoms with van der Waals surface area (Å²) in [5.74, 6) is 2.40. The van der Waals surface area contributed by atoms with Gasteiger partial charge in [0, 0.05) is 20.1 Å². The van der Waals surface area contributed by atoms with Gasteiger partial charge in [0.1, 0.15) is 17.1 Å². The minimum atomic E-state index is -0.519. The number of nitrogens with zero attached hydrogens (tertiary/aromatic N) is 3. The summed E-state index contributed by atoms with van der Waals surface area (Å²) in [7, 11) is 3.47. The first-order valence-corrected chi connectivity index (χ1v) is 8.59. The van der Waals surface area contributed by atoms with Gasteiger partial charge in [-0.1, -0.05) is 0 Å². The number of nitrogens with one attached hydrogen (secondary N) is 1. The Morgan fingerprint density at radius 1 is 1.15 bits per heavy atom. The summed E-state index contributed by atoms with van der Waals surface area (Å²) in [6.07, 6.45) is 2.73. The van der Waals surface area contributed by atoms with E-state index in [4.69, 9.17) is 14.2 Å². The summed E-state index contributed by atoms with van der Waals surface area (Å²) >= 11 is 0. The highest BCUT2D eigenvalue weighted by Crippen LogP contribution is 2.23. The Kier molecular flexibility index (Phi) is 6.81. The molecular weight excluding hydrogens is 348 g/mol. The van der Waals surface area contributed by atoms with Gasteiger partial charge in [0.05, 0.1) is 19.5 Å². The predicted octanol–water partition coefficient (Wildman–Crippen LogP) is 3.24. The molecule has 1 heterocycles. The van der Waals surface area contributed by atoms with E-state index < -0.39 is 11.7 Å². The van der Waals surface area contributed by atoms with Crippen molar-refractivity contribution >= 4 is 11.9 Å². The number of carbonyl (C=O) groups is 1. The topological polar surface area (TPSA) is 85.8 Å². The summed E-state index contributed by atoms with van der Waals surface area (Å²) in [5.41, 5.74) is -0.519. The van der Waals surface area contributed by atoms with Crippen molar-refractivity contribution in [3.05, 3.63) is 36.7 Å². The molecule has 0 atom stereocenters. The number of aromatic nitrogens is 2. The second-order valence-corrected chi connectivity index (χ2v) is 6.84. The Bertz CT molecular complexity index is 744. The number of amides is 1. The zero-order valence-corrected chi connectivity index (χ0v) is 16.4. The summed E-state index contributed by atoms with van der Waals surface area (Å²) < 4.78 is 16.0. The Labute approximate surface area is 159 Å². The summed E-state index contributed by atoms with van der Waals surface area (Å²) in [4.78, 5) is 22.1. The van der Waals surface area contributed by atoms with Crippen molar-refractivity contribution in [2.75, 3.05) is 32.1 Å². The molecule has 2 aromatic rings. The summed E-state index contributed by atoms with van der Waals surface area (Å²) in [5, 5.41) is 2.71. The average Bonchev–Trinajstić information content (AvgIpc) is 2.61. The van der Waals surface area contributed by atoms with E-state index in [1.807, 2.05) is 32.7 Å². The fourth-order valence-corrected chi connectivity index (χ4v) is 2.09. The van der Waals surface area contributed by atoms with Gasteiger partial charge in [-0.25, -0.2) is 4.79 Å². The molecule has 0 fully saturated rings. The van der Waals surface area contributed by atoms with Gasteiger partial charge in [0.25, 0.3) is 0 Å². The number of benzene rings is 1. The third-order valence-electron chi connectivity index (χ3n) is 3.39. The SMILES string of the molecule is COc1ccc(Oc2cncc(N(C)CCNC(=O)OC(C)(C)C)n2)cc1. The van der Waals surface area contributed by atoms with Crippen LogP contribution in [0.25, 0.3) is 0 Å². The summed E-state index contributed by atoms with van der Waals surface area (Å²) in [6, 6.07) is 7.20. The average molecular weight is 374 g/mol. The quantitative estimate of drug-likeness (QED) is 0.796. The number of alkyl carbamates (subject to hydrolysis) is 1. The highest BCUT2D eigenvalue weighted by Gasteiger charge is 2.15. The van der Waals surface area contributed by atoms with Crippen molar-refractivity contribution < 1.29 is 19.0 Å². The highest BCUT2D eigenvalue weighted by molar-refractivity contribution is 5.67. The van der Waals surface area contributed by atoms with Crippen LogP contribution in [0.15, 0.2) is 36.7 Å². The van der Waals surface area contributed by atoms with Crippen LogP contribution in [0.4, 0.5) is 10.6 Å². The van der Waals surface area contributed by atoms with Crippen LogP contribution < -0.4 is 19.7 Å². The number of carbonyl (C=O) groups excluding carboxylic acids is 1. The lowest BCUT2D eigenvalue weighted by molar-refractivity contribution is 0.0529. The molecule has 8 nitrogen and oxygen atoms in total. The van der Waals surface area contributed by atoms with Gasteiger partial charge in [-0.2, -0.15) is 4.98 Å². The van der Waals surface area contributed by atoms with Crippen molar-refractivity contribution in [1.82, 2.24) is 15.3 Å². The number of likely N-dealkylation sites (N-methyl/N-ethyl adjacent to an activating group) is 1. The normalized spacial score (nSPS) is 10.9. The lowest BCUT2D eigenvalue weighted by atomic mass is 10.2. The van der Waals surface area contributed by atoms with Crippen LogP contribution in [0.2, 0.25) is 0 Å². The molecule has 146 valence electrons. The molecule has 0 bridgehead atoms. The molecule has 0 aliphatic carbocycles. The van der Waals surface area contributed by atoms with Crippen molar-refractivity contribution in [2.24, 2.45) is 0 Å². The highest BCUT2D eigenvalue weighted by atomic mass is 16.6. The van der Waals surface area contributed by atoms with Crippen molar-refractivity contribution in [3.8, 4) is 17.4 Å². The first-order chi connectivity index (χ1) is 12.8.